The molecule has 1 saturated carbocycles. The number of hydrogen-bond acceptors (Lipinski definition) is 2. The van der Waals surface area contributed by atoms with Gasteiger partial charge in [0.05, 0.1) is 12.1 Å². The average molecular weight is 265 g/mol. The Kier molecular flexibility index (Phi) is 5.34. The minimum Gasteiger partial charge on any atom is -0.379 e. The van der Waals surface area contributed by atoms with Gasteiger partial charge in [-0.25, -0.2) is 4.39 Å². The average Bonchev–Trinajstić information content (AvgIpc) is 2.46. The second-order valence-electron chi connectivity index (χ2n) is 5.39. The number of benzene rings is 1. The number of halogens is 1. The predicted octanol–water partition coefficient (Wildman–Crippen LogP) is 3.68. The zero-order valence-corrected chi connectivity index (χ0v) is 11.9. The lowest BCUT2D eigenvalue weighted by Gasteiger charge is -2.35. The maximum absolute atomic E-state index is 14.0. The molecule has 1 fully saturated rings. The molecule has 2 unspecified atom stereocenters. The Hall–Kier alpha value is -0.930. The number of methoxy groups -OCH3 is 1. The molecule has 2 atom stereocenters. The third-order valence-corrected chi connectivity index (χ3v) is 4.27. The molecule has 0 saturated heterocycles. The van der Waals surface area contributed by atoms with Crippen molar-refractivity contribution in [2.75, 3.05) is 14.2 Å². The number of hydrogen-bond donors (Lipinski definition) is 1. The van der Waals surface area contributed by atoms with Crippen molar-refractivity contribution in [3.05, 3.63) is 35.6 Å². The molecule has 1 aromatic rings. The fourth-order valence-corrected chi connectivity index (χ4v) is 3.29. The number of likely N-dealkylation sites (N-methyl/N-ethyl adjacent to an activating group) is 1. The highest BCUT2D eigenvalue weighted by Gasteiger charge is 2.31. The zero-order chi connectivity index (χ0) is 13.7. The second kappa shape index (κ2) is 7.01. The second-order valence-corrected chi connectivity index (χ2v) is 5.39. The van der Waals surface area contributed by atoms with Crippen molar-refractivity contribution in [1.82, 2.24) is 5.32 Å². The van der Waals surface area contributed by atoms with Gasteiger partial charge in [-0.2, -0.15) is 0 Å². The molecule has 1 N–H and O–H groups in total. The van der Waals surface area contributed by atoms with E-state index in [4.69, 9.17) is 4.74 Å². The molecule has 0 aliphatic heterocycles. The molecule has 2 rings (SSSR count). The van der Waals surface area contributed by atoms with Gasteiger partial charge in [0.1, 0.15) is 5.82 Å². The van der Waals surface area contributed by atoms with E-state index in [1.165, 1.54) is 38.2 Å². The summed E-state index contributed by atoms with van der Waals surface area (Å²) in [6.07, 6.45) is 6.26. The Morgan fingerprint density at radius 3 is 2.47 bits per heavy atom. The highest BCUT2D eigenvalue weighted by molar-refractivity contribution is 5.22. The first kappa shape index (κ1) is 14.5. The number of ether oxygens (including phenoxy) is 1. The molecule has 0 radical (unpaired) electrons. The quantitative estimate of drug-likeness (QED) is 0.877. The van der Waals surface area contributed by atoms with Crippen molar-refractivity contribution in [3.63, 3.8) is 0 Å². The van der Waals surface area contributed by atoms with Crippen molar-refractivity contribution in [3.8, 4) is 0 Å². The summed E-state index contributed by atoms with van der Waals surface area (Å²) in [7, 11) is 3.62. The van der Waals surface area contributed by atoms with Crippen LogP contribution in [0.3, 0.4) is 0 Å². The molecule has 0 spiro atoms. The van der Waals surface area contributed by atoms with Crippen LogP contribution >= 0.6 is 0 Å². The zero-order valence-electron chi connectivity index (χ0n) is 11.9. The van der Waals surface area contributed by atoms with Crippen LogP contribution in [0.2, 0.25) is 0 Å². The van der Waals surface area contributed by atoms with Gasteiger partial charge in [0.2, 0.25) is 0 Å². The van der Waals surface area contributed by atoms with Gasteiger partial charge in [-0.05, 0) is 31.9 Å². The SMILES string of the molecule is CNC(c1ccccc1F)C(OC)C1CCCCC1. The lowest BCUT2D eigenvalue weighted by molar-refractivity contribution is 0.00858. The van der Waals surface area contributed by atoms with Crippen LogP contribution in [0.15, 0.2) is 24.3 Å². The maximum atomic E-state index is 14.0. The third kappa shape index (κ3) is 3.34. The van der Waals surface area contributed by atoms with Crippen LogP contribution in [0, 0.1) is 11.7 Å². The van der Waals surface area contributed by atoms with Crippen molar-refractivity contribution >= 4 is 0 Å². The van der Waals surface area contributed by atoms with Gasteiger partial charge in [-0.1, -0.05) is 37.5 Å². The first-order valence-electron chi connectivity index (χ1n) is 7.22. The minimum atomic E-state index is -0.153. The Morgan fingerprint density at radius 1 is 1.21 bits per heavy atom. The fourth-order valence-electron chi connectivity index (χ4n) is 3.29. The van der Waals surface area contributed by atoms with Crippen molar-refractivity contribution in [2.24, 2.45) is 5.92 Å². The van der Waals surface area contributed by atoms with Gasteiger partial charge >= 0.3 is 0 Å². The van der Waals surface area contributed by atoms with E-state index in [-0.39, 0.29) is 18.0 Å². The lowest BCUT2D eigenvalue weighted by atomic mass is 9.81. The van der Waals surface area contributed by atoms with E-state index in [9.17, 15) is 4.39 Å². The molecule has 2 nitrogen and oxygen atoms in total. The summed E-state index contributed by atoms with van der Waals surface area (Å²) < 4.78 is 19.7. The molecule has 106 valence electrons. The molecular weight excluding hydrogens is 241 g/mol. The van der Waals surface area contributed by atoms with Crippen LogP contribution in [0.5, 0.6) is 0 Å². The number of rotatable bonds is 5. The molecule has 1 aliphatic rings. The van der Waals surface area contributed by atoms with E-state index < -0.39 is 0 Å². The summed E-state index contributed by atoms with van der Waals surface area (Å²) in [5.74, 6) is 0.371. The minimum absolute atomic E-state index is 0.0437. The van der Waals surface area contributed by atoms with E-state index in [0.717, 1.165) is 0 Å². The van der Waals surface area contributed by atoms with E-state index in [1.54, 1.807) is 13.2 Å². The molecule has 0 amide bonds. The van der Waals surface area contributed by atoms with Gasteiger partial charge in [0.15, 0.2) is 0 Å². The normalized spacial score (nSPS) is 20.2. The predicted molar refractivity (Wildman–Crippen MR) is 75.6 cm³/mol. The van der Waals surface area contributed by atoms with Crippen LogP contribution in [0.4, 0.5) is 4.39 Å². The molecule has 19 heavy (non-hydrogen) atoms. The molecule has 3 heteroatoms. The topological polar surface area (TPSA) is 21.3 Å². The molecule has 0 bridgehead atoms. The highest BCUT2D eigenvalue weighted by atomic mass is 19.1. The summed E-state index contributed by atoms with van der Waals surface area (Å²) in [4.78, 5) is 0. The summed E-state index contributed by atoms with van der Waals surface area (Å²) in [5, 5.41) is 3.24. The Bertz CT molecular complexity index is 390. The third-order valence-electron chi connectivity index (χ3n) is 4.27. The largest absolute Gasteiger partial charge is 0.379 e. The molecule has 0 heterocycles. The van der Waals surface area contributed by atoms with Crippen molar-refractivity contribution in [2.45, 2.75) is 44.2 Å². The molecule has 0 aromatic heterocycles. The first-order valence-corrected chi connectivity index (χ1v) is 7.22. The van der Waals surface area contributed by atoms with E-state index in [0.29, 0.717) is 11.5 Å². The molecule has 1 aliphatic carbocycles. The van der Waals surface area contributed by atoms with Gasteiger partial charge in [-0.3, -0.25) is 0 Å². The summed E-state index contributed by atoms with van der Waals surface area (Å²) in [6.45, 7) is 0. The first-order chi connectivity index (χ1) is 9.27. The van der Waals surface area contributed by atoms with Crippen LogP contribution in [-0.4, -0.2) is 20.3 Å². The van der Waals surface area contributed by atoms with Crippen LogP contribution in [0.25, 0.3) is 0 Å². The van der Waals surface area contributed by atoms with E-state index in [2.05, 4.69) is 5.32 Å². The number of nitrogens with one attached hydrogen (secondary N) is 1. The Labute approximate surface area is 115 Å². The van der Waals surface area contributed by atoms with Crippen molar-refractivity contribution in [1.29, 1.82) is 0 Å². The van der Waals surface area contributed by atoms with Gasteiger partial charge in [0, 0.05) is 12.7 Å². The van der Waals surface area contributed by atoms with Crippen LogP contribution in [0.1, 0.15) is 43.7 Å². The van der Waals surface area contributed by atoms with Gasteiger partial charge in [0.25, 0.3) is 0 Å². The molecule has 1 aromatic carbocycles. The Balaban J connectivity index is 2.20. The van der Waals surface area contributed by atoms with Crippen LogP contribution < -0.4 is 5.32 Å². The summed E-state index contributed by atoms with van der Waals surface area (Å²) >= 11 is 0. The standard InChI is InChI=1S/C16H24FNO/c1-18-15(13-10-6-7-11-14(13)17)16(19-2)12-8-4-3-5-9-12/h6-7,10-12,15-16,18H,3-5,8-9H2,1-2H3. The monoisotopic (exact) mass is 265 g/mol. The smallest absolute Gasteiger partial charge is 0.128 e. The van der Waals surface area contributed by atoms with Gasteiger partial charge < -0.3 is 10.1 Å². The van der Waals surface area contributed by atoms with E-state index in [1.807, 2.05) is 19.2 Å². The van der Waals surface area contributed by atoms with Gasteiger partial charge in [-0.15, -0.1) is 0 Å². The summed E-state index contributed by atoms with van der Waals surface area (Å²) in [5.41, 5.74) is 0.711. The highest BCUT2D eigenvalue weighted by Crippen LogP contribution is 2.34. The molecular formula is C16H24FNO. The van der Waals surface area contributed by atoms with E-state index >= 15 is 0 Å². The maximum Gasteiger partial charge on any atom is 0.128 e. The fraction of sp³-hybridized carbons (Fsp3) is 0.625. The lowest BCUT2D eigenvalue weighted by Crippen LogP contribution is -2.38. The Morgan fingerprint density at radius 2 is 1.89 bits per heavy atom. The van der Waals surface area contributed by atoms with Crippen LogP contribution in [-0.2, 0) is 4.74 Å². The van der Waals surface area contributed by atoms with Crippen molar-refractivity contribution < 1.29 is 9.13 Å². The summed E-state index contributed by atoms with van der Waals surface area (Å²) in [6, 6.07) is 6.91.